The Morgan fingerprint density at radius 3 is 2.78 bits per heavy atom. The minimum atomic E-state index is -0.611. The molecule has 0 radical (unpaired) electrons. The van der Waals surface area contributed by atoms with Crippen molar-refractivity contribution in [1.82, 2.24) is 4.90 Å². The molecular weight excluding hydrogens is 324 g/mol. The summed E-state index contributed by atoms with van der Waals surface area (Å²) < 4.78 is 9.84. The Balaban J connectivity index is 2.37. The lowest BCUT2D eigenvalue weighted by atomic mass is 10.2. The lowest BCUT2D eigenvalue weighted by Gasteiger charge is -2.15. The van der Waals surface area contributed by atoms with E-state index >= 15 is 0 Å². The highest BCUT2D eigenvalue weighted by molar-refractivity contribution is 6.33. The molecule has 0 saturated heterocycles. The zero-order valence-corrected chi connectivity index (χ0v) is 13.5. The predicted molar refractivity (Wildman–Crippen MR) is 84.3 cm³/mol. The van der Waals surface area contributed by atoms with E-state index in [1.807, 2.05) is 0 Å². The van der Waals surface area contributed by atoms with Crippen LogP contribution in [0.3, 0.4) is 0 Å². The van der Waals surface area contributed by atoms with Crippen LogP contribution in [-0.2, 0) is 14.3 Å². The predicted octanol–water partition coefficient (Wildman–Crippen LogP) is 1.02. The van der Waals surface area contributed by atoms with Crippen LogP contribution in [-0.4, -0.2) is 55.8 Å². The van der Waals surface area contributed by atoms with Crippen LogP contribution in [0.15, 0.2) is 29.5 Å². The molecule has 1 aromatic rings. The SMILES string of the molecule is COC(=O)C1=C(Nc2cc(OC)ccc2Cl)C(=O)N(CCO)C1. The number of nitrogens with one attached hydrogen (secondary N) is 1. The maximum atomic E-state index is 12.4. The van der Waals surface area contributed by atoms with Gasteiger partial charge in [0.1, 0.15) is 11.4 Å². The van der Waals surface area contributed by atoms with Gasteiger partial charge in [0.15, 0.2) is 0 Å². The number of ether oxygens (including phenoxy) is 2. The van der Waals surface area contributed by atoms with E-state index < -0.39 is 11.9 Å². The molecule has 1 aromatic carbocycles. The van der Waals surface area contributed by atoms with Gasteiger partial charge in [-0.1, -0.05) is 11.6 Å². The standard InChI is InChI=1S/C15H17ClN2O5/c1-22-9-3-4-11(16)12(7-9)17-13-10(15(21)23-2)8-18(5-6-19)14(13)20/h3-4,7,17,19H,5-6,8H2,1-2H3. The van der Waals surface area contributed by atoms with E-state index in [1.54, 1.807) is 18.2 Å². The van der Waals surface area contributed by atoms with Crippen LogP contribution in [0.4, 0.5) is 5.69 Å². The average Bonchev–Trinajstić information content (AvgIpc) is 2.86. The molecule has 23 heavy (non-hydrogen) atoms. The normalized spacial score (nSPS) is 14.3. The highest BCUT2D eigenvalue weighted by atomic mass is 35.5. The Kier molecular flexibility index (Phi) is 5.46. The number of carbonyl (C=O) groups is 2. The van der Waals surface area contributed by atoms with Crippen molar-refractivity contribution in [3.63, 3.8) is 0 Å². The van der Waals surface area contributed by atoms with E-state index in [2.05, 4.69) is 5.32 Å². The van der Waals surface area contributed by atoms with Gasteiger partial charge in [-0.15, -0.1) is 0 Å². The van der Waals surface area contributed by atoms with E-state index in [9.17, 15) is 9.59 Å². The molecule has 0 saturated carbocycles. The number of rotatable bonds is 6. The van der Waals surface area contributed by atoms with Crippen molar-refractivity contribution >= 4 is 29.2 Å². The lowest BCUT2D eigenvalue weighted by molar-refractivity contribution is -0.136. The van der Waals surface area contributed by atoms with Gasteiger partial charge in [0, 0.05) is 12.6 Å². The van der Waals surface area contributed by atoms with Crippen LogP contribution in [0.5, 0.6) is 5.75 Å². The number of β-amino-alcohol motifs (C(OH)–C–C–N with tert-alkyl or cyclic N) is 1. The number of carbonyl (C=O) groups excluding carboxylic acids is 2. The number of aliphatic hydroxyl groups is 1. The summed E-state index contributed by atoms with van der Waals surface area (Å²) in [5.74, 6) is -0.464. The van der Waals surface area contributed by atoms with E-state index in [4.69, 9.17) is 26.2 Å². The summed E-state index contributed by atoms with van der Waals surface area (Å²) in [5.41, 5.74) is 0.701. The quantitative estimate of drug-likeness (QED) is 0.752. The molecule has 2 N–H and O–H groups in total. The van der Waals surface area contributed by atoms with E-state index in [1.165, 1.54) is 19.1 Å². The molecule has 7 nitrogen and oxygen atoms in total. The van der Waals surface area contributed by atoms with Crippen molar-refractivity contribution < 1.29 is 24.2 Å². The number of hydrogen-bond donors (Lipinski definition) is 2. The summed E-state index contributed by atoms with van der Waals surface area (Å²) in [6.07, 6.45) is 0. The Morgan fingerprint density at radius 1 is 1.43 bits per heavy atom. The first-order valence-corrected chi connectivity index (χ1v) is 7.21. The van der Waals surface area contributed by atoms with Crippen LogP contribution in [0, 0.1) is 0 Å². The number of anilines is 1. The lowest BCUT2D eigenvalue weighted by Crippen LogP contribution is -2.31. The molecule has 0 spiro atoms. The van der Waals surface area contributed by atoms with Gasteiger partial charge in [0.05, 0.1) is 43.7 Å². The zero-order valence-electron chi connectivity index (χ0n) is 12.8. The Morgan fingerprint density at radius 2 is 2.17 bits per heavy atom. The van der Waals surface area contributed by atoms with Crippen LogP contribution in [0.1, 0.15) is 0 Å². The highest BCUT2D eigenvalue weighted by Gasteiger charge is 2.34. The van der Waals surface area contributed by atoms with Crippen molar-refractivity contribution in [2.45, 2.75) is 0 Å². The first-order valence-electron chi connectivity index (χ1n) is 6.84. The largest absolute Gasteiger partial charge is 0.497 e. The second-order valence-electron chi connectivity index (χ2n) is 4.77. The number of benzene rings is 1. The first kappa shape index (κ1) is 17.1. The monoisotopic (exact) mass is 340 g/mol. The summed E-state index contributed by atoms with van der Waals surface area (Å²) in [5, 5.41) is 12.3. The number of nitrogens with zero attached hydrogens (tertiary/aromatic N) is 1. The molecule has 0 fully saturated rings. The van der Waals surface area contributed by atoms with E-state index in [0.29, 0.717) is 16.5 Å². The molecule has 1 amide bonds. The van der Waals surface area contributed by atoms with Crippen LogP contribution >= 0.6 is 11.6 Å². The molecule has 1 heterocycles. The summed E-state index contributed by atoms with van der Waals surface area (Å²) in [7, 11) is 2.75. The molecule has 2 rings (SSSR count). The maximum Gasteiger partial charge on any atom is 0.337 e. The molecule has 8 heteroatoms. The van der Waals surface area contributed by atoms with Crippen molar-refractivity contribution in [2.24, 2.45) is 0 Å². The highest BCUT2D eigenvalue weighted by Crippen LogP contribution is 2.30. The van der Waals surface area contributed by atoms with Crippen LogP contribution in [0.2, 0.25) is 5.02 Å². The van der Waals surface area contributed by atoms with Gasteiger partial charge in [-0.05, 0) is 12.1 Å². The summed E-state index contributed by atoms with van der Waals surface area (Å²) in [6, 6.07) is 4.91. The third kappa shape index (κ3) is 3.57. The van der Waals surface area contributed by atoms with Crippen molar-refractivity contribution in [3.05, 3.63) is 34.5 Å². The van der Waals surface area contributed by atoms with Crippen LogP contribution in [0.25, 0.3) is 0 Å². The Bertz CT molecular complexity index is 659. The summed E-state index contributed by atoms with van der Waals surface area (Å²) in [6.45, 7) is -0.0142. The number of amides is 1. The fourth-order valence-electron chi connectivity index (χ4n) is 2.21. The number of esters is 1. The second-order valence-corrected chi connectivity index (χ2v) is 5.17. The molecule has 0 aliphatic carbocycles. The summed E-state index contributed by atoms with van der Waals surface area (Å²) >= 11 is 6.12. The molecular formula is C15H17ClN2O5. The fraction of sp³-hybridized carbons (Fsp3) is 0.333. The molecule has 124 valence electrons. The van der Waals surface area contributed by atoms with Crippen LogP contribution < -0.4 is 10.1 Å². The molecule has 0 aromatic heterocycles. The minimum absolute atomic E-state index is 0.0655. The number of halogens is 1. The number of methoxy groups -OCH3 is 2. The average molecular weight is 341 g/mol. The van der Waals surface area contributed by atoms with E-state index in [-0.39, 0.29) is 31.0 Å². The molecule has 1 aliphatic rings. The topological polar surface area (TPSA) is 88.1 Å². The minimum Gasteiger partial charge on any atom is -0.497 e. The number of hydrogen-bond acceptors (Lipinski definition) is 6. The zero-order chi connectivity index (χ0) is 17.0. The van der Waals surface area contributed by atoms with E-state index in [0.717, 1.165) is 0 Å². The summed E-state index contributed by atoms with van der Waals surface area (Å²) in [4.78, 5) is 25.7. The first-order chi connectivity index (χ1) is 11.0. The fourth-order valence-corrected chi connectivity index (χ4v) is 2.38. The third-order valence-electron chi connectivity index (χ3n) is 3.39. The molecule has 0 atom stereocenters. The Hall–Kier alpha value is -2.25. The third-order valence-corrected chi connectivity index (χ3v) is 3.72. The molecule has 0 bridgehead atoms. The van der Waals surface area contributed by atoms with Gasteiger partial charge in [-0.3, -0.25) is 4.79 Å². The van der Waals surface area contributed by atoms with Crippen molar-refractivity contribution in [2.75, 3.05) is 39.2 Å². The number of aliphatic hydroxyl groups excluding tert-OH is 1. The van der Waals surface area contributed by atoms with Gasteiger partial charge < -0.3 is 24.8 Å². The van der Waals surface area contributed by atoms with Gasteiger partial charge in [-0.25, -0.2) is 4.79 Å². The van der Waals surface area contributed by atoms with Crippen molar-refractivity contribution in [3.8, 4) is 5.75 Å². The maximum absolute atomic E-state index is 12.4. The van der Waals surface area contributed by atoms with Gasteiger partial charge in [0.25, 0.3) is 5.91 Å². The molecule has 0 unspecified atom stereocenters. The van der Waals surface area contributed by atoms with Gasteiger partial charge in [0.2, 0.25) is 0 Å². The Labute approximate surface area is 138 Å². The second kappa shape index (κ2) is 7.34. The van der Waals surface area contributed by atoms with Gasteiger partial charge >= 0.3 is 5.97 Å². The molecule has 1 aliphatic heterocycles. The van der Waals surface area contributed by atoms with Gasteiger partial charge in [-0.2, -0.15) is 0 Å². The smallest absolute Gasteiger partial charge is 0.337 e. The van der Waals surface area contributed by atoms with Crippen molar-refractivity contribution in [1.29, 1.82) is 0 Å².